The van der Waals surface area contributed by atoms with Crippen molar-refractivity contribution in [1.82, 2.24) is 15.1 Å². The van der Waals surface area contributed by atoms with Crippen molar-refractivity contribution >= 4 is 11.9 Å². The van der Waals surface area contributed by atoms with Crippen LogP contribution in [-0.4, -0.2) is 47.9 Å². The molecule has 0 aliphatic carbocycles. The number of nitrogens with zero attached hydrogens (tertiary/aromatic N) is 2. The van der Waals surface area contributed by atoms with Crippen LogP contribution in [0.1, 0.15) is 22.7 Å². The zero-order valence-corrected chi connectivity index (χ0v) is 14.7. The first kappa shape index (κ1) is 16.8. The largest absolute Gasteiger partial charge is 0.329 e. The van der Waals surface area contributed by atoms with Gasteiger partial charge < -0.3 is 5.32 Å². The number of carbonyl (C=O) groups is 2. The first-order valence-electron chi connectivity index (χ1n) is 9.16. The molecule has 1 N–H and O–H groups in total. The lowest BCUT2D eigenvalue weighted by Crippen LogP contribution is -2.43. The van der Waals surface area contributed by atoms with Crippen LogP contribution in [0.4, 0.5) is 4.79 Å². The predicted octanol–water partition coefficient (Wildman–Crippen LogP) is 2.38. The number of fused-ring (bicyclic) bond motifs is 1. The lowest BCUT2D eigenvalue weighted by Gasteiger charge is -2.38. The summed E-state index contributed by atoms with van der Waals surface area (Å²) in [7, 11) is 0. The van der Waals surface area contributed by atoms with E-state index in [0.717, 1.165) is 19.4 Å². The van der Waals surface area contributed by atoms with Crippen molar-refractivity contribution in [2.75, 3.05) is 26.2 Å². The molecule has 2 aliphatic rings. The van der Waals surface area contributed by atoms with Crippen LogP contribution in [0.3, 0.4) is 0 Å². The molecule has 134 valence electrons. The second-order valence-electron chi connectivity index (χ2n) is 6.89. The maximum Gasteiger partial charge on any atom is 0.324 e. The van der Waals surface area contributed by atoms with Crippen molar-refractivity contribution in [2.24, 2.45) is 0 Å². The third-order valence-electron chi connectivity index (χ3n) is 5.34. The van der Waals surface area contributed by atoms with E-state index in [1.165, 1.54) is 21.6 Å². The number of rotatable bonds is 5. The molecule has 1 atom stereocenters. The smallest absolute Gasteiger partial charge is 0.324 e. The SMILES string of the molecule is O=C1CNC(=O)N1CCN1CCc2ccccc2C1Cc1ccccc1. The van der Waals surface area contributed by atoms with Crippen molar-refractivity contribution in [3.63, 3.8) is 0 Å². The lowest BCUT2D eigenvalue weighted by molar-refractivity contribution is -0.125. The number of amides is 3. The predicted molar refractivity (Wildman–Crippen MR) is 99.7 cm³/mol. The highest BCUT2D eigenvalue weighted by Crippen LogP contribution is 2.32. The molecular weight excluding hydrogens is 326 g/mol. The Labute approximate surface area is 153 Å². The maximum absolute atomic E-state index is 11.9. The summed E-state index contributed by atoms with van der Waals surface area (Å²) in [5.74, 6) is -0.132. The standard InChI is InChI=1S/C21H23N3O2/c25-20-15-22-21(26)24(20)13-12-23-11-10-17-8-4-5-9-18(17)19(23)14-16-6-2-1-3-7-16/h1-9,19H,10-15H2,(H,22,26). The highest BCUT2D eigenvalue weighted by atomic mass is 16.2. The highest BCUT2D eigenvalue weighted by molar-refractivity contribution is 6.01. The third-order valence-corrected chi connectivity index (χ3v) is 5.34. The van der Waals surface area contributed by atoms with Gasteiger partial charge in [0.1, 0.15) is 0 Å². The number of imide groups is 1. The fourth-order valence-corrected chi connectivity index (χ4v) is 3.96. The minimum atomic E-state index is -0.271. The van der Waals surface area contributed by atoms with Crippen LogP contribution in [0.5, 0.6) is 0 Å². The molecule has 1 fully saturated rings. The van der Waals surface area contributed by atoms with Gasteiger partial charge in [0.15, 0.2) is 0 Å². The number of hydrogen-bond donors (Lipinski definition) is 1. The molecule has 2 aromatic carbocycles. The average molecular weight is 349 g/mol. The summed E-state index contributed by atoms with van der Waals surface area (Å²) in [6.07, 6.45) is 1.93. The van der Waals surface area contributed by atoms with Crippen molar-refractivity contribution in [3.8, 4) is 0 Å². The summed E-state index contributed by atoms with van der Waals surface area (Å²) in [6, 6.07) is 19.1. The zero-order valence-electron chi connectivity index (χ0n) is 14.7. The van der Waals surface area contributed by atoms with Crippen molar-refractivity contribution < 1.29 is 9.59 Å². The van der Waals surface area contributed by atoms with E-state index in [1.807, 2.05) is 6.07 Å². The topological polar surface area (TPSA) is 52.7 Å². The van der Waals surface area contributed by atoms with Crippen LogP contribution in [-0.2, 0) is 17.6 Å². The van der Waals surface area contributed by atoms with Gasteiger partial charge in [0.05, 0.1) is 6.54 Å². The molecule has 1 saturated heterocycles. The third kappa shape index (κ3) is 3.35. The first-order chi connectivity index (χ1) is 12.7. The van der Waals surface area contributed by atoms with Gasteiger partial charge in [0.2, 0.25) is 5.91 Å². The fourth-order valence-electron chi connectivity index (χ4n) is 3.96. The molecule has 4 rings (SSSR count). The minimum absolute atomic E-state index is 0.120. The van der Waals surface area contributed by atoms with Crippen LogP contribution in [0.15, 0.2) is 54.6 Å². The average Bonchev–Trinajstić information content (AvgIpc) is 3.00. The summed E-state index contributed by atoms with van der Waals surface area (Å²) < 4.78 is 0. The summed E-state index contributed by atoms with van der Waals surface area (Å²) in [5.41, 5.74) is 4.06. The number of benzene rings is 2. The Hall–Kier alpha value is -2.66. The minimum Gasteiger partial charge on any atom is -0.329 e. The summed E-state index contributed by atoms with van der Waals surface area (Å²) in [4.78, 5) is 27.4. The number of hydrogen-bond acceptors (Lipinski definition) is 3. The van der Waals surface area contributed by atoms with Gasteiger partial charge in [-0.1, -0.05) is 54.6 Å². The van der Waals surface area contributed by atoms with E-state index in [2.05, 4.69) is 58.7 Å². The Morgan fingerprint density at radius 1 is 0.962 bits per heavy atom. The summed E-state index contributed by atoms with van der Waals surface area (Å²) >= 11 is 0. The van der Waals surface area contributed by atoms with E-state index in [-0.39, 0.29) is 24.5 Å². The Morgan fingerprint density at radius 2 is 1.73 bits per heavy atom. The second-order valence-corrected chi connectivity index (χ2v) is 6.89. The quantitative estimate of drug-likeness (QED) is 0.844. The van der Waals surface area contributed by atoms with E-state index < -0.39 is 0 Å². The molecule has 0 radical (unpaired) electrons. The molecule has 0 saturated carbocycles. The molecule has 0 bridgehead atoms. The molecule has 5 heteroatoms. The van der Waals surface area contributed by atoms with E-state index in [4.69, 9.17) is 0 Å². The Kier molecular flexibility index (Phi) is 4.71. The lowest BCUT2D eigenvalue weighted by atomic mass is 9.88. The van der Waals surface area contributed by atoms with Gasteiger partial charge >= 0.3 is 6.03 Å². The molecule has 5 nitrogen and oxygen atoms in total. The van der Waals surface area contributed by atoms with E-state index in [1.54, 1.807) is 0 Å². The number of nitrogens with one attached hydrogen (secondary N) is 1. The zero-order chi connectivity index (χ0) is 17.9. The summed E-state index contributed by atoms with van der Waals surface area (Å²) in [6.45, 7) is 2.20. The Morgan fingerprint density at radius 3 is 2.50 bits per heavy atom. The molecule has 0 spiro atoms. The monoisotopic (exact) mass is 349 g/mol. The van der Waals surface area contributed by atoms with E-state index in [0.29, 0.717) is 13.1 Å². The molecular formula is C21H23N3O2. The molecule has 2 aliphatic heterocycles. The van der Waals surface area contributed by atoms with Crippen molar-refractivity contribution in [1.29, 1.82) is 0 Å². The van der Waals surface area contributed by atoms with Gasteiger partial charge in [-0.25, -0.2) is 4.79 Å². The Balaban J connectivity index is 1.54. The number of urea groups is 1. The normalized spacial score (nSPS) is 20.2. The van der Waals surface area contributed by atoms with Gasteiger partial charge in [-0.3, -0.25) is 14.6 Å². The van der Waals surface area contributed by atoms with E-state index in [9.17, 15) is 9.59 Å². The first-order valence-corrected chi connectivity index (χ1v) is 9.16. The fraction of sp³-hybridized carbons (Fsp3) is 0.333. The molecule has 3 amide bonds. The van der Waals surface area contributed by atoms with Gasteiger partial charge in [-0.15, -0.1) is 0 Å². The maximum atomic E-state index is 11.9. The number of carbonyl (C=O) groups excluding carboxylic acids is 2. The van der Waals surface area contributed by atoms with Crippen LogP contribution in [0.25, 0.3) is 0 Å². The Bertz CT molecular complexity index is 790. The molecule has 2 aromatic rings. The van der Waals surface area contributed by atoms with Gasteiger partial charge in [-0.2, -0.15) is 0 Å². The van der Waals surface area contributed by atoms with Gasteiger partial charge in [0.25, 0.3) is 0 Å². The van der Waals surface area contributed by atoms with Crippen LogP contribution in [0.2, 0.25) is 0 Å². The van der Waals surface area contributed by atoms with Crippen molar-refractivity contribution in [3.05, 3.63) is 71.3 Å². The highest BCUT2D eigenvalue weighted by Gasteiger charge is 2.31. The molecule has 26 heavy (non-hydrogen) atoms. The molecule has 1 unspecified atom stereocenters. The van der Waals surface area contributed by atoms with Gasteiger partial charge in [0, 0.05) is 25.7 Å². The molecule has 2 heterocycles. The van der Waals surface area contributed by atoms with Crippen LogP contribution >= 0.6 is 0 Å². The van der Waals surface area contributed by atoms with Crippen LogP contribution in [0, 0.1) is 0 Å². The summed E-state index contributed by atoms with van der Waals surface area (Å²) in [5, 5.41) is 2.59. The van der Waals surface area contributed by atoms with Crippen LogP contribution < -0.4 is 5.32 Å². The van der Waals surface area contributed by atoms with E-state index >= 15 is 0 Å². The molecule has 0 aromatic heterocycles. The van der Waals surface area contributed by atoms with Crippen molar-refractivity contribution in [2.45, 2.75) is 18.9 Å². The second kappa shape index (κ2) is 7.30. The van der Waals surface area contributed by atoms with Gasteiger partial charge in [-0.05, 0) is 29.5 Å².